The molecule has 8 nitrogen and oxygen atoms in total. The van der Waals surface area contributed by atoms with Crippen molar-refractivity contribution in [3.05, 3.63) is 24.3 Å². The average Bonchev–Trinajstić information content (AvgIpc) is 3.02. The van der Waals surface area contributed by atoms with Crippen LogP contribution in [-0.4, -0.2) is 76.4 Å². The van der Waals surface area contributed by atoms with Crippen LogP contribution in [-0.2, 0) is 14.8 Å². The zero-order chi connectivity index (χ0) is 20.4. The number of likely N-dealkylation sites (tertiary alicyclic amines) is 1. The normalized spacial score (nSPS) is 25.4. The van der Waals surface area contributed by atoms with Crippen LogP contribution in [0.1, 0.15) is 13.3 Å². The smallest absolute Gasteiger partial charge is 0.321 e. The van der Waals surface area contributed by atoms with Crippen molar-refractivity contribution in [1.82, 2.24) is 9.21 Å². The summed E-state index contributed by atoms with van der Waals surface area (Å²) >= 11 is 0. The molecule has 156 valence electrons. The lowest BCUT2D eigenvalue weighted by Gasteiger charge is -2.43. The molecule has 0 bridgehead atoms. The maximum absolute atomic E-state index is 12.8. The van der Waals surface area contributed by atoms with E-state index in [0.29, 0.717) is 57.3 Å². The van der Waals surface area contributed by atoms with Gasteiger partial charge in [-0.3, -0.25) is 0 Å². The Morgan fingerprint density at radius 1 is 1.32 bits per heavy atom. The number of hydrogen-bond acceptors (Lipinski definition) is 5. The summed E-state index contributed by atoms with van der Waals surface area (Å²) in [7, 11) is -1.64. The van der Waals surface area contributed by atoms with Crippen molar-refractivity contribution in [2.75, 3.05) is 58.1 Å². The van der Waals surface area contributed by atoms with Gasteiger partial charge < -0.3 is 19.7 Å². The van der Waals surface area contributed by atoms with Gasteiger partial charge in [0.15, 0.2) is 0 Å². The second-order valence-electron chi connectivity index (χ2n) is 7.60. The molecule has 2 saturated heterocycles. The molecule has 1 aromatic rings. The second kappa shape index (κ2) is 8.26. The summed E-state index contributed by atoms with van der Waals surface area (Å²) in [4.78, 5) is 14.6. The molecule has 2 atom stereocenters. The summed E-state index contributed by atoms with van der Waals surface area (Å²) in [5.41, 5.74) is 0.393. The Balaban J connectivity index is 1.72. The van der Waals surface area contributed by atoms with Crippen LogP contribution in [0.4, 0.5) is 10.5 Å². The predicted molar refractivity (Wildman–Crippen MR) is 107 cm³/mol. The highest BCUT2D eigenvalue weighted by molar-refractivity contribution is 7.88. The number of carbonyl (C=O) groups excluding carboxylic acids is 1. The number of fused-ring (bicyclic) bond motifs is 1. The Morgan fingerprint density at radius 2 is 2.07 bits per heavy atom. The lowest BCUT2D eigenvalue weighted by Crippen LogP contribution is -2.51. The third-order valence-electron chi connectivity index (χ3n) is 5.72. The number of urea groups is 1. The summed E-state index contributed by atoms with van der Waals surface area (Å²) < 4.78 is 36.6. The molecule has 1 N–H and O–H groups in total. The summed E-state index contributed by atoms with van der Waals surface area (Å²) in [6, 6.07) is 7.14. The van der Waals surface area contributed by atoms with E-state index in [-0.39, 0.29) is 17.4 Å². The fourth-order valence-corrected chi connectivity index (χ4v) is 5.18. The number of benzene rings is 1. The van der Waals surface area contributed by atoms with E-state index in [1.165, 1.54) is 10.6 Å². The van der Waals surface area contributed by atoms with Crippen molar-refractivity contribution in [3.8, 4) is 5.75 Å². The van der Waals surface area contributed by atoms with E-state index in [4.69, 9.17) is 9.47 Å². The van der Waals surface area contributed by atoms with Gasteiger partial charge in [0, 0.05) is 38.7 Å². The lowest BCUT2D eigenvalue weighted by atomic mass is 9.73. The number of anilines is 1. The Kier molecular flexibility index (Phi) is 6.16. The van der Waals surface area contributed by atoms with Crippen LogP contribution in [0.25, 0.3) is 0 Å². The van der Waals surface area contributed by atoms with Gasteiger partial charge in [0.05, 0.1) is 25.2 Å². The molecule has 28 heavy (non-hydrogen) atoms. The van der Waals surface area contributed by atoms with Crippen LogP contribution in [0.3, 0.4) is 0 Å². The molecule has 2 amide bonds. The van der Waals surface area contributed by atoms with Gasteiger partial charge in [-0.15, -0.1) is 0 Å². The average molecular weight is 412 g/mol. The molecule has 9 heteroatoms. The molecule has 1 aromatic carbocycles. The molecular weight excluding hydrogens is 382 g/mol. The van der Waals surface area contributed by atoms with Gasteiger partial charge in [-0.2, -0.15) is 0 Å². The number of methoxy groups -OCH3 is 1. The molecule has 0 aliphatic carbocycles. The first-order chi connectivity index (χ1) is 13.3. The van der Waals surface area contributed by atoms with E-state index in [1.54, 1.807) is 12.0 Å². The highest BCUT2D eigenvalue weighted by Crippen LogP contribution is 2.44. The third kappa shape index (κ3) is 4.26. The van der Waals surface area contributed by atoms with Crippen LogP contribution < -0.4 is 10.1 Å². The zero-order valence-electron chi connectivity index (χ0n) is 16.7. The SMILES string of the molecule is CCOc1ccccc1NC(=O)N1CCC2(COC)CN(S(C)(=O)=O)CC2C1. The summed E-state index contributed by atoms with van der Waals surface area (Å²) in [6.07, 6.45) is 1.94. The predicted octanol–water partition coefficient (Wildman–Crippen LogP) is 1.85. The number of piperidine rings is 1. The van der Waals surface area contributed by atoms with Gasteiger partial charge in [-0.05, 0) is 31.4 Å². The molecule has 0 spiro atoms. The van der Waals surface area contributed by atoms with E-state index in [0.717, 1.165) is 0 Å². The quantitative estimate of drug-likeness (QED) is 0.772. The summed E-state index contributed by atoms with van der Waals surface area (Å²) in [5.74, 6) is 0.678. The minimum atomic E-state index is -3.27. The molecule has 0 saturated carbocycles. The standard InChI is InChI=1S/C19H29N3O5S/c1-4-27-17-8-6-5-7-16(17)20-18(23)21-10-9-19(14-26-2)13-22(28(3,24)25)12-15(19)11-21/h5-8,15H,4,9-14H2,1-3H3,(H,20,23). The molecule has 2 heterocycles. The van der Waals surface area contributed by atoms with Gasteiger partial charge in [0.25, 0.3) is 0 Å². The van der Waals surface area contributed by atoms with Gasteiger partial charge in [-0.25, -0.2) is 17.5 Å². The maximum Gasteiger partial charge on any atom is 0.321 e. The fraction of sp³-hybridized carbons (Fsp3) is 0.632. The molecule has 0 aromatic heterocycles. The first kappa shape index (κ1) is 20.9. The third-order valence-corrected chi connectivity index (χ3v) is 6.93. The highest BCUT2D eigenvalue weighted by Gasteiger charge is 2.52. The number of rotatable bonds is 6. The van der Waals surface area contributed by atoms with E-state index in [2.05, 4.69) is 5.32 Å². The van der Waals surface area contributed by atoms with Crippen LogP contribution >= 0.6 is 0 Å². The van der Waals surface area contributed by atoms with Gasteiger partial charge in [0.2, 0.25) is 10.0 Å². The van der Waals surface area contributed by atoms with Gasteiger partial charge in [0.1, 0.15) is 5.75 Å². The molecule has 2 aliphatic heterocycles. The van der Waals surface area contributed by atoms with Crippen LogP contribution in [0.5, 0.6) is 5.75 Å². The van der Waals surface area contributed by atoms with Crippen molar-refractivity contribution in [2.45, 2.75) is 13.3 Å². The van der Waals surface area contributed by atoms with Crippen LogP contribution in [0, 0.1) is 11.3 Å². The number of para-hydroxylation sites is 2. The second-order valence-corrected chi connectivity index (χ2v) is 9.59. The van der Waals surface area contributed by atoms with Crippen LogP contribution in [0.15, 0.2) is 24.3 Å². The van der Waals surface area contributed by atoms with Crippen molar-refractivity contribution >= 4 is 21.7 Å². The Bertz CT molecular complexity index is 816. The van der Waals surface area contributed by atoms with Gasteiger partial charge >= 0.3 is 6.03 Å². The molecule has 2 unspecified atom stereocenters. The van der Waals surface area contributed by atoms with E-state index in [1.807, 2.05) is 31.2 Å². The largest absolute Gasteiger partial charge is 0.492 e. The molecule has 3 rings (SSSR count). The Hall–Kier alpha value is -1.84. The van der Waals surface area contributed by atoms with Gasteiger partial charge in [-0.1, -0.05) is 12.1 Å². The number of nitrogens with one attached hydrogen (secondary N) is 1. The first-order valence-electron chi connectivity index (χ1n) is 9.51. The Morgan fingerprint density at radius 3 is 2.75 bits per heavy atom. The Labute approximate surface area is 166 Å². The van der Waals surface area contributed by atoms with Crippen molar-refractivity contribution in [2.24, 2.45) is 11.3 Å². The van der Waals surface area contributed by atoms with Crippen molar-refractivity contribution in [1.29, 1.82) is 0 Å². The number of ether oxygens (including phenoxy) is 2. The number of carbonyl (C=O) groups is 1. The number of amides is 2. The molecular formula is C19H29N3O5S. The molecule has 0 radical (unpaired) electrons. The minimum Gasteiger partial charge on any atom is -0.492 e. The van der Waals surface area contributed by atoms with Crippen molar-refractivity contribution in [3.63, 3.8) is 0 Å². The maximum atomic E-state index is 12.8. The topological polar surface area (TPSA) is 88.2 Å². The van der Waals surface area contributed by atoms with E-state index < -0.39 is 10.0 Å². The number of nitrogens with zero attached hydrogens (tertiary/aromatic N) is 2. The highest BCUT2D eigenvalue weighted by atomic mass is 32.2. The van der Waals surface area contributed by atoms with E-state index >= 15 is 0 Å². The van der Waals surface area contributed by atoms with E-state index in [9.17, 15) is 13.2 Å². The number of sulfonamides is 1. The monoisotopic (exact) mass is 411 g/mol. The molecule has 2 fully saturated rings. The lowest BCUT2D eigenvalue weighted by molar-refractivity contribution is 0.0131. The molecule has 2 aliphatic rings. The number of hydrogen-bond donors (Lipinski definition) is 1. The fourth-order valence-electron chi connectivity index (χ4n) is 4.24. The summed E-state index contributed by atoms with van der Waals surface area (Å²) in [6.45, 7) is 4.82. The van der Waals surface area contributed by atoms with Crippen molar-refractivity contribution < 1.29 is 22.7 Å². The zero-order valence-corrected chi connectivity index (χ0v) is 17.5. The van der Waals surface area contributed by atoms with Crippen LogP contribution in [0.2, 0.25) is 0 Å². The minimum absolute atomic E-state index is 0.0452. The first-order valence-corrected chi connectivity index (χ1v) is 11.4. The summed E-state index contributed by atoms with van der Waals surface area (Å²) in [5, 5.41) is 2.93.